The smallest absolute Gasteiger partial charge is 0.196 e. The maximum absolute atomic E-state index is 12.5. The van der Waals surface area contributed by atoms with Gasteiger partial charge in [-0.15, -0.1) is 0 Å². The summed E-state index contributed by atoms with van der Waals surface area (Å²) < 4.78 is 21.5. The highest BCUT2D eigenvalue weighted by molar-refractivity contribution is 5.85. The van der Waals surface area contributed by atoms with E-state index in [1.54, 1.807) is 30.3 Å². The van der Waals surface area contributed by atoms with E-state index >= 15 is 0 Å². The first-order valence-electron chi connectivity index (χ1n) is 7.60. The Bertz CT molecular complexity index is 974. The molecule has 2 aromatic carbocycles. The molecule has 0 fully saturated rings. The molecule has 3 aromatic rings. The largest absolute Gasteiger partial charge is 0.504 e. The number of methoxy groups -OCH3 is 3. The first-order chi connectivity index (χ1) is 12.0. The molecule has 3 rings (SSSR count). The number of phenolic OH excluding ortho intramolecular Hbond substituents is 1. The van der Waals surface area contributed by atoms with E-state index in [2.05, 4.69) is 0 Å². The number of benzene rings is 2. The van der Waals surface area contributed by atoms with Gasteiger partial charge in [0, 0.05) is 24.6 Å². The van der Waals surface area contributed by atoms with Crippen molar-refractivity contribution in [3.05, 3.63) is 57.9 Å². The van der Waals surface area contributed by atoms with Gasteiger partial charge in [-0.05, 0) is 17.7 Å². The SMILES string of the molecule is COc1cc(OC)c2c(=O)cc(Cc3ccc(O)c(OC)c3)oc2c1. The molecule has 0 spiro atoms. The van der Waals surface area contributed by atoms with Crippen molar-refractivity contribution < 1.29 is 23.7 Å². The molecule has 0 aliphatic carbocycles. The normalized spacial score (nSPS) is 10.7. The highest BCUT2D eigenvalue weighted by atomic mass is 16.5. The second-order valence-electron chi connectivity index (χ2n) is 5.46. The molecule has 1 heterocycles. The van der Waals surface area contributed by atoms with Gasteiger partial charge in [0.1, 0.15) is 28.2 Å². The van der Waals surface area contributed by atoms with E-state index in [4.69, 9.17) is 18.6 Å². The summed E-state index contributed by atoms with van der Waals surface area (Å²) in [6, 6.07) is 9.72. The van der Waals surface area contributed by atoms with E-state index in [9.17, 15) is 9.90 Å². The third-order valence-electron chi connectivity index (χ3n) is 3.90. The van der Waals surface area contributed by atoms with Crippen LogP contribution in [0.3, 0.4) is 0 Å². The van der Waals surface area contributed by atoms with Gasteiger partial charge in [-0.1, -0.05) is 6.07 Å². The Morgan fingerprint density at radius 3 is 2.40 bits per heavy atom. The van der Waals surface area contributed by atoms with Gasteiger partial charge in [-0.25, -0.2) is 0 Å². The standard InChI is InChI=1S/C19H18O6/c1-22-12-9-17(24-3)19-15(21)8-13(25-18(19)10-12)6-11-4-5-14(20)16(7-11)23-2/h4-5,7-10,20H,6H2,1-3H3. The van der Waals surface area contributed by atoms with Gasteiger partial charge in [-0.3, -0.25) is 4.79 Å². The van der Waals surface area contributed by atoms with Gasteiger partial charge in [0.25, 0.3) is 0 Å². The Kier molecular flexibility index (Phi) is 4.52. The minimum atomic E-state index is -0.193. The summed E-state index contributed by atoms with van der Waals surface area (Å²) in [6.45, 7) is 0. The van der Waals surface area contributed by atoms with Gasteiger partial charge < -0.3 is 23.7 Å². The average Bonchev–Trinajstić information content (AvgIpc) is 2.62. The zero-order chi connectivity index (χ0) is 18.0. The Morgan fingerprint density at radius 2 is 1.72 bits per heavy atom. The van der Waals surface area contributed by atoms with Crippen LogP contribution >= 0.6 is 0 Å². The first-order valence-corrected chi connectivity index (χ1v) is 7.60. The van der Waals surface area contributed by atoms with Crippen molar-refractivity contribution >= 4 is 11.0 Å². The molecular formula is C19H18O6. The number of hydrogen-bond acceptors (Lipinski definition) is 6. The number of ether oxygens (including phenoxy) is 3. The van der Waals surface area contributed by atoms with Crippen molar-refractivity contribution in [1.82, 2.24) is 0 Å². The van der Waals surface area contributed by atoms with Crippen LogP contribution in [0.2, 0.25) is 0 Å². The van der Waals surface area contributed by atoms with Crippen LogP contribution in [-0.4, -0.2) is 26.4 Å². The fourth-order valence-electron chi connectivity index (χ4n) is 2.68. The molecule has 0 radical (unpaired) electrons. The van der Waals surface area contributed by atoms with Crippen molar-refractivity contribution in [2.45, 2.75) is 6.42 Å². The minimum absolute atomic E-state index is 0.0562. The highest BCUT2D eigenvalue weighted by Gasteiger charge is 2.13. The Labute approximate surface area is 144 Å². The van der Waals surface area contributed by atoms with Gasteiger partial charge >= 0.3 is 0 Å². The van der Waals surface area contributed by atoms with Crippen LogP contribution in [0.5, 0.6) is 23.0 Å². The maximum atomic E-state index is 12.5. The Morgan fingerprint density at radius 1 is 0.960 bits per heavy atom. The molecule has 1 aromatic heterocycles. The van der Waals surface area contributed by atoms with Crippen LogP contribution in [0.1, 0.15) is 11.3 Å². The zero-order valence-electron chi connectivity index (χ0n) is 14.2. The molecule has 0 aliphatic rings. The molecule has 6 heteroatoms. The van der Waals surface area contributed by atoms with Gasteiger partial charge in [0.05, 0.1) is 21.3 Å². The van der Waals surface area contributed by atoms with Crippen LogP contribution in [0.25, 0.3) is 11.0 Å². The summed E-state index contributed by atoms with van der Waals surface area (Å²) in [5.41, 5.74) is 1.04. The van der Waals surface area contributed by atoms with Crippen LogP contribution < -0.4 is 19.6 Å². The van der Waals surface area contributed by atoms with E-state index in [1.807, 2.05) is 0 Å². The topological polar surface area (TPSA) is 78.1 Å². The number of fused-ring (bicyclic) bond motifs is 1. The van der Waals surface area contributed by atoms with Crippen molar-refractivity contribution in [3.63, 3.8) is 0 Å². The molecule has 0 aliphatic heterocycles. The summed E-state index contributed by atoms with van der Waals surface area (Å²) in [5.74, 6) is 1.85. The molecular weight excluding hydrogens is 324 g/mol. The molecule has 0 unspecified atom stereocenters. The van der Waals surface area contributed by atoms with Crippen molar-refractivity contribution in [2.24, 2.45) is 0 Å². The van der Waals surface area contributed by atoms with Crippen molar-refractivity contribution in [1.29, 1.82) is 0 Å². The van der Waals surface area contributed by atoms with Crippen molar-refractivity contribution in [3.8, 4) is 23.0 Å². The van der Waals surface area contributed by atoms with Crippen LogP contribution in [0, 0.1) is 0 Å². The predicted molar refractivity (Wildman–Crippen MR) is 93.1 cm³/mol. The minimum Gasteiger partial charge on any atom is -0.504 e. The van der Waals surface area contributed by atoms with Crippen LogP contribution in [-0.2, 0) is 6.42 Å². The van der Waals surface area contributed by atoms with E-state index in [1.165, 1.54) is 27.4 Å². The molecule has 1 N–H and O–H groups in total. The van der Waals surface area contributed by atoms with E-state index < -0.39 is 0 Å². The molecule has 0 atom stereocenters. The predicted octanol–water partition coefficient (Wildman–Crippen LogP) is 3.12. The summed E-state index contributed by atoms with van der Waals surface area (Å²) in [6.07, 6.45) is 0.376. The molecule has 0 saturated carbocycles. The quantitative estimate of drug-likeness (QED) is 0.767. The van der Waals surface area contributed by atoms with E-state index in [0.717, 1.165) is 5.56 Å². The first kappa shape index (κ1) is 16.7. The molecule has 130 valence electrons. The Hall–Kier alpha value is -3.15. The summed E-state index contributed by atoms with van der Waals surface area (Å²) in [7, 11) is 4.50. The zero-order valence-corrected chi connectivity index (χ0v) is 14.2. The molecule has 0 bridgehead atoms. The van der Waals surface area contributed by atoms with E-state index in [-0.39, 0.29) is 11.2 Å². The van der Waals surface area contributed by atoms with Gasteiger partial charge in [0.2, 0.25) is 0 Å². The number of phenols is 1. The van der Waals surface area contributed by atoms with Crippen LogP contribution in [0.15, 0.2) is 45.6 Å². The lowest BCUT2D eigenvalue weighted by Gasteiger charge is -2.10. The lowest BCUT2D eigenvalue weighted by atomic mass is 10.1. The van der Waals surface area contributed by atoms with E-state index in [0.29, 0.717) is 40.4 Å². The Balaban J connectivity index is 2.07. The van der Waals surface area contributed by atoms with Gasteiger partial charge in [-0.2, -0.15) is 0 Å². The molecule has 6 nitrogen and oxygen atoms in total. The third-order valence-corrected chi connectivity index (χ3v) is 3.90. The number of aromatic hydroxyl groups is 1. The maximum Gasteiger partial charge on any atom is 0.196 e. The van der Waals surface area contributed by atoms with Crippen molar-refractivity contribution in [2.75, 3.05) is 21.3 Å². The second-order valence-corrected chi connectivity index (χ2v) is 5.46. The average molecular weight is 342 g/mol. The lowest BCUT2D eigenvalue weighted by molar-refractivity contribution is 0.373. The molecule has 25 heavy (non-hydrogen) atoms. The summed E-state index contributed by atoms with van der Waals surface area (Å²) in [5, 5.41) is 10.0. The number of hydrogen-bond donors (Lipinski definition) is 1. The highest BCUT2D eigenvalue weighted by Crippen LogP contribution is 2.31. The molecule has 0 amide bonds. The molecule has 0 saturated heterocycles. The fourth-order valence-corrected chi connectivity index (χ4v) is 2.68. The van der Waals surface area contributed by atoms with Gasteiger partial charge in [0.15, 0.2) is 16.9 Å². The summed E-state index contributed by atoms with van der Waals surface area (Å²) in [4.78, 5) is 12.5. The fraction of sp³-hybridized carbons (Fsp3) is 0.211. The summed E-state index contributed by atoms with van der Waals surface area (Å²) >= 11 is 0. The lowest BCUT2D eigenvalue weighted by Crippen LogP contribution is -2.05. The number of rotatable bonds is 5. The monoisotopic (exact) mass is 342 g/mol. The third kappa shape index (κ3) is 3.24. The van der Waals surface area contributed by atoms with Crippen LogP contribution in [0.4, 0.5) is 0 Å². The second kappa shape index (κ2) is 6.76.